The normalized spacial score (nSPS) is 12.0. The molecule has 0 saturated carbocycles. The molecule has 22 heavy (non-hydrogen) atoms. The monoisotopic (exact) mass is 307 g/mol. The zero-order valence-electron chi connectivity index (χ0n) is 14.7. The van der Waals surface area contributed by atoms with E-state index in [4.69, 9.17) is 0 Å². The Morgan fingerprint density at radius 3 is 2.73 bits per heavy atom. The van der Waals surface area contributed by atoms with E-state index in [0.29, 0.717) is 12.5 Å². The van der Waals surface area contributed by atoms with Crippen LogP contribution in [0.15, 0.2) is 17.4 Å². The fourth-order valence-corrected chi connectivity index (χ4v) is 2.30. The van der Waals surface area contributed by atoms with Crippen molar-refractivity contribution in [2.24, 2.45) is 10.9 Å². The molecule has 1 aromatic rings. The third-order valence-corrected chi connectivity index (χ3v) is 3.41. The summed E-state index contributed by atoms with van der Waals surface area (Å²) in [4.78, 5) is 9.08. The number of rotatable bonds is 10. The first kappa shape index (κ1) is 18.5. The number of unbranched alkanes of at least 4 members (excludes halogenated alkanes) is 3. The molecular weight excluding hydrogens is 274 g/mol. The lowest BCUT2D eigenvalue weighted by Crippen LogP contribution is -2.37. The molecule has 126 valence electrons. The van der Waals surface area contributed by atoms with Crippen LogP contribution >= 0.6 is 0 Å². The second-order valence-electron chi connectivity index (χ2n) is 6.07. The number of guanidine groups is 1. The summed E-state index contributed by atoms with van der Waals surface area (Å²) in [5.74, 6) is 2.52. The van der Waals surface area contributed by atoms with Crippen molar-refractivity contribution in [3.63, 3.8) is 0 Å². The molecule has 0 bridgehead atoms. The zero-order valence-corrected chi connectivity index (χ0v) is 14.7. The number of hydrogen-bond acceptors (Lipinski definition) is 2. The van der Waals surface area contributed by atoms with E-state index in [1.165, 1.54) is 25.7 Å². The highest BCUT2D eigenvalue weighted by atomic mass is 15.2. The van der Waals surface area contributed by atoms with Gasteiger partial charge in [0, 0.05) is 32.0 Å². The Kier molecular flexibility index (Phi) is 9.35. The summed E-state index contributed by atoms with van der Waals surface area (Å²) in [5, 5.41) is 6.70. The van der Waals surface area contributed by atoms with Crippen molar-refractivity contribution in [2.75, 3.05) is 13.1 Å². The molecule has 1 heterocycles. The molecular formula is C17H33N5. The molecule has 1 aromatic heterocycles. The van der Waals surface area contributed by atoms with Gasteiger partial charge in [-0.1, -0.05) is 40.0 Å². The van der Waals surface area contributed by atoms with Gasteiger partial charge < -0.3 is 15.2 Å². The van der Waals surface area contributed by atoms with E-state index in [0.717, 1.165) is 31.4 Å². The van der Waals surface area contributed by atoms with Crippen molar-refractivity contribution in [3.8, 4) is 0 Å². The molecule has 0 saturated heterocycles. The predicted octanol–water partition coefficient (Wildman–Crippen LogP) is 3.17. The maximum absolute atomic E-state index is 4.65. The van der Waals surface area contributed by atoms with Crippen molar-refractivity contribution >= 4 is 5.96 Å². The Labute approximate surface area is 135 Å². The first-order valence-corrected chi connectivity index (χ1v) is 8.69. The maximum Gasteiger partial charge on any atom is 0.191 e. The largest absolute Gasteiger partial charge is 0.357 e. The Morgan fingerprint density at radius 1 is 1.23 bits per heavy atom. The molecule has 0 aliphatic heterocycles. The maximum atomic E-state index is 4.65. The summed E-state index contributed by atoms with van der Waals surface area (Å²) >= 11 is 0. The van der Waals surface area contributed by atoms with Crippen LogP contribution in [0.4, 0.5) is 0 Å². The molecule has 0 aromatic carbocycles. The average Bonchev–Trinajstić information content (AvgIpc) is 2.91. The van der Waals surface area contributed by atoms with E-state index < -0.39 is 0 Å². The van der Waals surface area contributed by atoms with Gasteiger partial charge in [0.25, 0.3) is 0 Å². The predicted molar refractivity (Wildman–Crippen MR) is 94.0 cm³/mol. The molecule has 0 spiro atoms. The van der Waals surface area contributed by atoms with Crippen molar-refractivity contribution in [3.05, 3.63) is 18.2 Å². The summed E-state index contributed by atoms with van der Waals surface area (Å²) in [7, 11) is 0. The van der Waals surface area contributed by atoms with E-state index in [2.05, 4.69) is 52.9 Å². The molecule has 5 nitrogen and oxygen atoms in total. The summed E-state index contributed by atoms with van der Waals surface area (Å²) in [6.07, 6.45) is 8.95. The van der Waals surface area contributed by atoms with Crippen LogP contribution in [-0.2, 0) is 13.1 Å². The van der Waals surface area contributed by atoms with E-state index >= 15 is 0 Å². The molecule has 0 amide bonds. The Balaban J connectivity index is 2.49. The number of aromatic nitrogens is 2. The summed E-state index contributed by atoms with van der Waals surface area (Å²) in [5.41, 5.74) is 0. The van der Waals surface area contributed by atoms with E-state index in [1.807, 2.05) is 12.4 Å². The smallest absolute Gasteiger partial charge is 0.191 e. The standard InChI is InChI=1S/C17H33N5/c1-5-7-8-9-10-20-17(18-6-2)21-13-16-19-11-12-22(16)14-15(3)4/h11-12,15H,5-10,13-14H2,1-4H3,(H2,18,20,21). The Hall–Kier alpha value is -1.52. The molecule has 0 fully saturated rings. The van der Waals surface area contributed by atoms with Gasteiger partial charge in [0.1, 0.15) is 12.4 Å². The zero-order chi connectivity index (χ0) is 16.2. The minimum absolute atomic E-state index is 0.613. The Morgan fingerprint density at radius 2 is 2.05 bits per heavy atom. The van der Waals surface area contributed by atoms with Crippen molar-refractivity contribution in [1.82, 2.24) is 20.2 Å². The van der Waals surface area contributed by atoms with Gasteiger partial charge in [-0.2, -0.15) is 0 Å². The van der Waals surface area contributed by atoms with Crippen molar-refractivity contribution < 1.29 is 0 Å². The molecule has 5 heteroatoms. The van der Waals surface area contributed by atoms with Gasteiger partial charge in [-0.05, 0) is 19.3 Å². The molecule has 0 atom stereocenters. The minimum atomic E-state index is 0.613. The lowest BCUT2D eigenvalue weighted by molar-refractivity contribution is 0.507. The van der Waals surface area contributed by atoms with Gasteiger partial charge in [0.05, 0.1) is 0 Å². The second-order valence-corrected chi connectivity index (χ2v) is 6.07. The average molecular weight is 307 g/mol. The van der Waals surface area contributed by atoms with Crippen LogP contribution in [0.2, 0.25) is 0 Å². The lowest BCUT2D eigenvalue weighted by atomic mass is 10.2. The first-order chi connectivity index (χ1) is 10.7. The van der Waals surface area contributed by atoms with Gasteiger partial charge in [-0.25, -0.2) is 9.98 Å². The quantitative estimate of drug-likeness (QED) is 0.396. The van der Waals surface area contributed by atoms with Gasteiger partial charge in [0.2, 0.25) is 0 Å². The summed E-state index contributed by atoms with van der Waals surface area (Å²) in [6.45, 7) is 12.2. The number of imidazole rings is 1. The second kappa shape index (κ2) is 11.1. The molecule has 2 N–H and O–H groups in total. The van der Waals surface area contributed by atoms with Crippen molar-refractivity contribution in [1.29, 1.82) is 0 Å². The SMILES string of the molecule is CCCCCCNC(=NCc1nccn1CC(C)C)NCC. The third kappa shape index (κ3) is 7.48. The van der Waals surface area contributed by atoms with Crippen LogP contribution in [0.1, 0.15) is 59.2 Å². The first-order valence-electron chi connectivity index (χ1n) is 8.69. The van der Waals surface area contributed by atoms with E-state index in [1.54, 1.807) is 0 Å². The number of aliphatic imine (C=N–C) groups is 1. The van der Waals surface area contributed by atoms with Crippen LogP contribution in [0, 0.1) is 5.92 Å². The van der Waals surface area contributed by atoms with Gasteiger partial charge in [-0.3, -0.25) is 0 Å². The highest BCUT2D eigenvalue weighted by molar-refractivity contribution is 5.79. The Bertz CT molecular complexity index is 422. The lowest BCUT2D eigenvalue weighted by Gasteiger charge is -2.12. The van der Waals surface area contributed by atoms with Crippen LogP contribution < -0.4 is 10.6 Å². The molecule has 1 rings (SSSR count). The van der Waals surface area contributed by atoms with Gasteiger partial charge in [-0.15, -0.1) is 0 Å². The molecule has 0 aliphatic carbocycles. The van der Waals surface area contributed by atoms with Crippen molar-refractivity contribution in [2.45, 2.75) is 66.5 Å². The minimum Gasteiger partial charge on any atom is -0.357 e. The van der Waals surface area contributed by atoms with Crippen LogP contribution in [0.25, 0.3) is 0 Å². The molecule has 0 unspecified atom stereocenters. The number of nitrogens with zero attached hydrogens (tertiary/aromatic N) is 3. The van der Waals surface area contributed by atoms with E-state index in [9.17, 15) is 0 Å². The van der Waals surface area contributed by atoms with Gasteiger partial charge in [0.15, 0.2) is 5.96 Å². The van der Waals surface area contributed by atoms with Crippen LogP contribution in [0.5, 0.6) is 0 Å². The number of hydrogen-bond donors (Lipinski definition) is 2. The highest BCUT2D eigenvalue weighted by Gasteiger charge is 2.04. The fourth-order valence-electron chi connectivity index (χ4n) is 2.30. The molecule has 0 radical (unpaired) electrons. The van der Waals surface area contributed by atoms with Crippen LogP contribution in [-0.4, -0.2) is 28.6 Å². The summed E-state index contributed by atoms with van der Waals surface area (Å²) in [6, 6.07) is 0. The topological polar surface area (TPSA) is 54.2 Å². The third-order valence-electron chi connectivity index (χ3n) is 3.41. The highest BCUT2D eigenvalue weighted by Crippen LogP contribution is 2.05. The fraction of sp³-hybridized carbons (Fsp3) is 0.765. The number of nitrogens with one attached hydrogen (secondary N) is 2. The molecule has 0 aliphatic rings. The summed E-state index contributed by atoms with van der Waals surface area (Å²) < 4.78 is 2.19. The van der Waals surface area contributed by atoms with Gasteiger partial charge >= 0.3 is 0 Å². The van der Waals surface area contributed by atoms with E-state index in [-0.39, 0.29) is 0 Å². The van der Waals surface area contributed by atoms with Crippen LogP contribution in [0.3, 0.4) is 0 Å².